The molecule has 0 aliphatic rings. The minimum atomic E-state index is -0.267. The van der Waals surface area contributed by atoms with Crippen LogP contribution < -0.4 is 11.1 Å². The first-order valence-corrected chi connectivity index (χ1v) is 6.25. The Bertz CT molecular complexity index is 540. The van der Waals surface area contributed by atoms with Gasteiger partial charge < -0.3 is 16.2 Å². The van der Waals surface area contributed by atoms with Gasteiger partial charge >= 0.3 is 0 Å². The molecule has 0 bridgehead atoms. The summed E-state index contributed by atoms with van der Waals surface area (Å²) in [7, 11) is 0. The van der Waals surface area contributed by atoms with E-state index in [2.05, 4.69) is 10.3 Å². The molecule has 0 saturated carbocycles. The van der Waals surface area contributed by atoms with Crippen molar-refractivity contribution in [2.75, 3.05) is 18.9 Å². The van der Waals surface area contributed by atoms with Gasteiger partial charge in [-0.05, 0) is 0 Å². The fourth-order valence-corrected chi connectivity index (χ4v) is 2.30. The second-order valence-electron chi connectivity index (χ2n) is 3.58. The Hall–Kier alpha value is -1.92. The molecule has 1 aromatic heterocycles. The van der Waals surface area contributed by atoms with Gasteiger partial charge in [0, 0.05) is 12.1 Å². The van der Waals surface area contributed by atoms with Crippen molar-refractivity contribution in [1.82, 2.24) is 10.3 Å². The maximum atomic E-state index is 11.9. The highest BCUT2D eigenvalue weighted by atomic mass is 32.1. The highest BCUT2D eigenvalue weighted by Gasteiger charge is 2.17. The monoisotopic (exact) mass is 263 g/mol. The van der Waals surface area contributed by atoms with Crippen molar-refractivity contribution in [3.63, 3.8) is 0 Å². The predicted molar refractivity (Wildman–Crippen MR) is 71.4 cm³/mol. The highest BCUT2D eigenvalue weighted by molar-refractivity contribution is 7.17. The first-order chi connectivity index (χ1) is 8.72. The molecule has 0 saturated heterocycles. The summed E-state index contributed by atoms with van der Waals surface area (Å²) in [4.78, 5) is 16.6. The fraction of sp³-hybridized carbons (Fsp3) is 0.167. The van der Waals surface area contributed by atoms with E-state index >= 15 is 0 Å². The average molecular weight is 263 g/mol. The van der Waals surface area contributed by atoms with E-state index < -0.39 is 0 Å². The molecule has 1 aromatic carbocycles. The Balaban J connectivity index is 2.34. The average Bonchev–Trinajstić information content (AvgIpc) is 2.79. The second-order valence-corrected chi connectivity index (χ2v) is 4.61. The summed E-state index contributed by atoms with van der Waals surface area (Å²) >= 11 is 1.14. The van der Waals surface area contributed by atoms with Gasteiger partial charge in [0.1, 0.15) is 4.88 Å². The van der Waals surface area contributed by atoms with Gasteiger partial charge in [0.2, 0.25) is 0 Å². The largest absolute Gasteiger partial charge is 0.395 e. The Morgan fingerprint density at radius 1 is 1.39 bits per heavy atom. The van der Waals surface area contributed by atoms with Crippen molar-refractivity contribution in [1.29, 1.82) is 0 Å². The lowest BCUT2D eigenvalue weighted by molar-refractivity contribution is 0.0949. The van der Waals surface area contributed by atoms with Gasteiger partial charge in [-0.15, -0.1) is 0 Å². The number of aromatic nitrogens is 1. The standard InChI is InChI=1S/C12H13N3O2S/c13-12-15-9(8-4-2-1-3-5-8)10(18-12)11(17)14-6-7-16/h1-5,16H,6-7H2,(H2,13,15)(H,14,17). The number of hydrogen-bond donors (Lipinski definition) is 3. The molecule has 4 N–H and O–H groups in total. The lowest BCUT2D eigenvalue weighted by atomic mass is 10.1. The number of hydrogen-bond acceptors (Lipinski definition) is 5. The Morgan fingerprint density at radius 3 is 2.78 bits per heavy atom. The lowest BCUT2D eigenvalue weighted by Crippen LogP contribution is -2.26. The molecular formula is C12H13N3O2S. The molecule has 1 heterocycles. The van der Waals surface area contributed by atoms with Gasteiger partial charge in [-0.3, -0.25) is 4.79 Å². The zero-order chi connectivity index (χ0) is 13.0. The number of anilines is 1. The Morgan fingerprint density at radius 2 is 2.11 bits per heavy atom. The number of benzene rings is 1. The molecule has 0 fully saturated rings. The van der Waals surface area contributed by atoms with Crippen molar-refractivity contribution in [3.8, 4) is 11.3 Å². The van der Waals surface area contributed by atoms with Crippen LogP contribution in [-0.2, 0) is 0 Å². The summed E-state index contributed by atoms with van der Waals surface area (Å²) < 4.78 is 0. The number of amides is 1. The van der Waals surface area contributed by atoms with Crippen molar-refractivity contribution >= 4 is 22.4 Å². The van der Waals surface area contributed by atoms with Crippen molar-refractivity contribution in [2.45, 2.75) is 0 Å². The molecular weight excluding hydrogens is 250 g/mol. The molecule has 2 aromatic rings. The van der Waals surface area contributed by atoms with E-state index in [0.717, 1.165) is 16.9 Å². The molecule has 94 valence electrons. The van der Waals surface area contributed by atoms with Crippen LogP contribution in [0.4, 0.5) is 5.13 Å². The molecule has 0 unspecified atom stereocenters. The Kier molecular flexibility index (Phi) is 3.91. The molecule has 0 atom stereocenters. The van der Waals surface area contributed by atoms with Crippen LogP contribution in [0.3, 0.4) is 0 Å². The van der Waals surface area contributed by atoms with Crippen LogP contribution in [0.15, 0.2) is 30.3 Å². The quantitative estimate of drug-likeness (QED) is 0.771. The summed E-state index contributed by atoms with van der Waals surface area (Å²) in [6.45, 7) is 0.117. The zero-order valence-corrected chi connectivity index (χ0v) is 10.4. The van der Waals surface area contributed by atoms with Crippen LogP contribution in [0.25, 0.3) is 11.3 Å². The summed E-state index contributed by atoms with van der Waals surface area (Å²) in [5.41, 5.74) is 7.09. The van der Waals surface area contributed by atoms with E-state index in [1.807, 2.05) is 30.3 Å². The summed E-state index contributed by atoms with van der Waals surface area (Å²) in [5.74, 6) is -0.267. The number of aliphatic hydroxyl groups excluding tert-OH is 1. The van der Waals surface area contributed by atoms with Crippen LogP contribution in [0.5, 0.6) is 0 Å². The third-order valence-electron chi connectivity index (χ3n) is 2.29. The van der Waals surface area contributed by atoms with Gasteiger partial charge in [-0.1, -0.05) is 41.7 Å². The number of carbonyl (C=O) groups excluding carboxylic acids is 1. The number of aliphatic hydroxyl groups is 1. The van der Waals surface area contributed by atoms with Gasteiger partial charge in [0.25, 0.3) is 5.91 Å². The van der Waals surface area contributed by atoms with Gasteiger partial charge in [-0.2, -0.15) is 0 Å². The van der Waals surface area contributed by atoms with E-state index in [0.29, 0.717) is 15.7 Å². The van der Waals surface area contributed by atoms with Crippen LogP contribution >= 0.6 is 11.3 Å². The van der Waals surface area contributed by atoms with E-state index in [1.54, 1.807) is 0 Å². The van der Waals surface area contributed by atoms with Crippen LogP contribution in [-0.4, -0.2) is 29.1 Å². The van der Waals surface area contributed by atoms with E-state index in [9.17, 15) is 4.79 Å². The summed E-state index contributed by atoms with van der Waals surface area (Å²) in [5, 5.41) is 11.6. The lowest BCUT2D eigenvalue weighted by Gasteiger charge is -2.03. The smallest absolute Gasteiger partial charge is 0.263 e. The first-order valence-electron chi connectivity index (χ1n) is 5.43. The normalized spacial score (nSPS) is 10.3. The summed E-state index contributed by atoms with van der Waals surface area (Å²) in [6.07, 6.45) is 0. The molecule has 18 heavy (non-hydrogen) atoms. The van der Waals surface area contributed by atoms with Gasteiger partial charge in [-0.25, -0.2) is 4.98 Å². The number of thiazole rings is 1. The van der Waals surface area contributed by atoms with Crippen molar-refractivity contribution < 1.29 is 9.90 Å². The minimum Gasteiger partial charge on any atom is -0.395 e. The number of nitrogens with two attached hydrogens (primary N) is 1. The zero-order valence-electron chi connectivity index (χ0n) is 9.59. The van der Waals surface area contributed by atoms with Crippen molar-refractivity contribution in [2.24, 2.45) is 0 Å². The van der Waals surface area contributed by atoms with Gasteiger partial charge in [0.05, 0.1) is 12.3 Å². The molecule has 6 heteroatoms. The number of rotatable bonds is 4. The predicted octanol–water partition coefficient (Wildman–Crippen LogP) is 1.11. The van der Waals surface area contributed by atoms with Crippen LogP contribution in [0, 0.1) is 0 Å². The molecule has 5 nitrogen and oxygen atoms in total. The third-order valence-corrected chi connectivity index (χ3v) is 3.18. The van der Waals surface area contributed by atoms with E-state index in [-0.39, 0.29) is 19.1 Å². The maximum Gasteiger partial charge on any atom is 0.263 e. The number of nitrogen functional groups attached to an aromatic ring is 1. The van der Waals surface area contributed by atoms with Crippen LogP contribution in [0.1, 0.15) is 9.67 Å². The summed E-state index contributed by atoms with van der Waals surface area (Å²) in [6, 6.07) is 9.39. The molecule has 2 rings (SSSR count). The van der Waals surface area contributed by atoms with Crippen LogP contribution in [0.2, 0.25) is 0 Å². The number of nitrogens with zero attached hydrogens (tertiary/aromatic N) is 1. The number of nitrogens with one attached hydrogen (secondary N) is 1. The second kappa shape index (κ2) is 5.61. The number of carbonyl (C=O) groups is 1. The van der Waals surface area contributed by atoms with Crippen molar-refractivity contribution in [3.05, 3.63) is 35.2 Å². The maximum absolute atomic E-state index is 11.9. The van der Waals surface area contributed by atoms with E-state index in [1.165, 1.54) is 0 Å². The van der Waals surface area contributed by atoms with E-state index in [4.69, 9.17) is 10.8 Å². The molecule has 0 aliphatic heterocycles. The Labute approximate surface area is 108 Å². The molecule has 0 spiro atoms. The first kappa shape index (κ1) is 12.5. The SMILES string of the molecule is Nc1nc(-c2ccccc2)c(C(=O)NCCO)s1. The highest BCUT2D eigenvalue weighted by Crippen LogP contribution is 2.29. The third kappa shape index (κ3) is 2.66. The molecule has 1 amide bonds. The topological polar surface area (TPSA) is 88.2 Å². The van der Waals surface area contributed by atoms with Gasteiger partial charge in [0.15, 0.2) is 5.13 Å². The minimum absolute atomic E-state index is 0.0965. The molecule has 0 radical (unpaired) electrons. The molecule has 0 aliphatic carbocycles. The fourth-order valence-electron chi connectivity index (χ4n) is 1.53.